The fourth-order valence-corrected chi connectivity index (χ4v) is 2.19. The first kappa shape index (κ1) is 17.7. The van der Waals surface area contributed by atoms with Gasteiger partial charge in [-0.2, -0.15) is 13.2 Å². The Labute approximate surface area is 124 Å². The predicted octanol–water partition coefficient (Wildman–Crippen LogP) is 4.89. The topological polar surface area (TPSA) is 24.9 Å². The van der Waals surface area contributed by atoms with Crippen LogP contribution in [0.4, 0.5) is 13.2 Å². The van der Waals surface area contributed by atoms with Gasteiger partial charge in [0.25, 0.3) is 0 Å². The number of unbranched alkanes of at least 4 members (excludes halogenated alkanes) is 3. The molecule has 1 aromatic rings. The molecule has 0 saturated heterocycles. The number of allylic oxidation sites excluding steroid dienone is 1. The minimum Gasteiger partial charge on any atom is -0.309 e. The third-order valence-corrected chi connectivity index (χ3v) is 3.32. The van der Waals surface area contributed by atoms with Crippen LogP contribution in [0, 0.1) is 0 Å². The summed E-state index contributed by atoms with van der Waals surface area (Å²) in [5.74, 6) is 0. The second-order valence-electron chi connectivity index (χ2n) is 5.01. The van der Waals surface area contributed by atoms with Crippen LogP contribution in [0.2, 0.25) is 0 Å². The summed E-state index contributed by atoms with van der Waals surface area (Å²) in [6.07, 6.45) is 3.58. The highest BCUT2D eigenvalue weighted by Crippen LogP contribution is 2.29. The number of alkyl halides is 3. The van der Waals surface area contributed by atoms with Gasteiger partial charge in [0.1, 0.15) is 0 Å². The van der Waals surface area contributed by atoms with Gasteiger partial charge in [-0.15, -0.1) is 6.58 Å². The van der Waals surface area contributed by atoms with Crippen molar-refractivity contribution in [1.82, 2.24) is 10.3 Å². The Kier molecular flexibility index (Phi) is 7.43. The molecule has 0 spiro atoms. The molecule has 0 amide bonds. The van der Waals surface area contributed by atoms with Gasteiger partial charge in [-0.1, -0.05) is 25.8 Å². The maximum absolute atomic E-state index is 12.5. The molecule has 0 aromatic carbocycles. The van der Waals surface area contributed by atoms with Gasteiger partial charge in [0, 0.05) is 12.2 Å². The molecule has 1 heterocycles. The Bertz CT molecular complexity index is 413. The first-order valence-electron chi connectivity index (χ1n) is 7.36. The third-order valence-electron chi connectivity index (χ3n) is 3.32. The van der Waals surface area contributed by atoms with Crippen molar-refractivity contribution in [3.05, 3.63) is 42.2 Å². The first-order chi connectivity index (χ1) is 9.99. The molecular formula is C16H23F3N2. The van der Waals surface area contributed by atoms with Gasteiger partial charge in [0.15, 0.2) is 0 Å². The molecule has 0 aliphatic heterocycles. The smallest absolute Gasteiger partial charge is 0.309 e. The van der Waals surface area contributed by atoms with Gasteiger partial charge in [-0.25, -0.2) is 0 Å². The van der Waals surface area contributed by atoms with Crippen molar-refractivity contribution in [2.24, 2.45) is 0 Å². The largest absolute Gasteiger partial charge is 0.417 e. The van der Waals surface area contributed by atoms with Crippen LogP contribution in [0.3, 0.4) is 0 Å². The van der Waals surface area contributed by atoms with Gasteiger partial charge in [0.2, 0.25) is 0 Å². The number of hydrogen-bond acceptors (Lipinski definition) is 2. The zero-order valence-electron chi connectivity index (χ0n) is 12.4. The van der Waals surface area contributed by atoms with Gasteiger partial charge >= 0.3 is 6.18 Å². The average Bonchev–Trinajstić information content (AvgIpc) is 2.45. The van der Waals surface area contributed by atoms with E-state index in [2.05, 4.69) is 16.9 Å². The summed E-state index contributed by atoms with van der Waals surface area (Å²) in [6.45, 7) is 6.43. The lowest BCUT2D eigenvalue weighted by Crippen LogP contribution is -2.22. The van der Waals surface area contributed by atoms with Crippen molar-refractivity contribution in [2.45, 2.75) is 51.2 Å². The zero-order chi connectivity index (χ0) is 15.7. The van der Waals surface area contributed by atoms with Crippen molar-refractivity contribution in [2.75, 3.05) is 6.54 Å². The van der Waals surface area contributed by atoms with Crippen molar-refractivity contribution in [1.29, 1.82) is 0 Å². The molecule has 1 aromatic heterocycles. The van der Waals surface area contributed by atoms with Crippen LogP contribution in [0.5, 0.6) is 0 Å². The molecule has 0 radical (unpaired) electrons. The van der Waals surface area contributed by atoms with Crippen molar-refractivity contribution < 1.29 is 13.2 Å². The van der Waals surface area contributed by atoms with E-state index < -0.39 is 11.7 Å². The number of halogens is 3. The number of nitrogens with one attached hydrogen (secondary N) is 1. The lowest BCUT2D eigenvalue weighted by Gasteiger charge is -2.18. The Hall–Kier alpha value is -1.36. The van der Waals surface area contributed by atoms with Crippen molar-refractivity contribution in [3.63, 3.8) is 0 Å². The molecule has 1 atom stereocenters. The maximum atomic E-state index is 12.5. The molecule has 1 N–H and O–H groups in total. The van der Waals surface area contributed by atoms with E-state index in [1.54, 1.807) is 0 Å². The molecule has 0 aliphatic carbocycles. The van der Waals surface area contributed by atoms with Crippen LogP contribution in [0.15, 0.2) is 31.0 Å². The SMILES string of the molecule is C=CCCCCCC(NCC)c1ccc(C(F)(F)F)cn1. The quantitative estimate of drug-likeness (QED) is 0.519. The van der Waals surface area contributed by atoms with E-state index in [4.69, 9.17) is 0 Å². The summed E-state index contributed by atoms with van der Waals surface area (Å²) in [6, 6.07) is 2.59. The van der Waals surface area contributed by atoms with E-state index in [1.807, 2.05) is 13.0 Å². The summed E-state index contributed by atoms with van der Waals surface area (Å²) >= 11 is 0. The number of rotatable bonds is 9. The van der Waals surface area contributed by atoms with Gasteiger partial charge in [-0.3, -0.25) is 4.98 Å². The summed E-state index contributed by atoms with van der Waals surface area (Å²) in [4.78, 5) is 3.98. The Morgan fingerprint density at radius 2 is 2.05 bits per heavy atom. The Morgan fingerprint density at radius 3 is 2.57 bits per heavy atom. The average molecular weight is 300 g/mol. The summed E-state index contributed by atoms with van der Waals surface area (Å²) in [7, 11) is 0. The normalized spacial score (nSPS) is 13.1. The number of pyridine rings is 1. The standard InChI is InChI=1S/C16H23F3N2/c1-3-5-6-7-8-9-14(20-4-2)15-11-10-13(12-21-15)16(17,18)19/h3,10-12,14,20H,1,4-9H2,2H3. The fourth-order valence-electron chi connectivity index (χ4n) is 2.19. The Balaban J connectivity index is 2.61. The van der Waals surface area contributed by atoms with Crippen LogP contribution >= 0.6 is 0 Å². The number of hydrogen-bond donors (Lipinski definition) is 1. The molecule has 5 heteroatoms. The number of nitrogens with zero attached hydrogens (tertiary/aromatic N) is 1. The summed E-state index contributed by atoms with van der Waals surface area (Å²) in [5, 5.41) is 3.28. The lowest BCUT2D eigenvalue weighted by atomic mass is 10.0. The highest BCUT2D eigenvalue weighted by Gasteiger charge is 2.30. The third kappa shape index (κ3) is 6.29. The van der Waals surface area contributed by atoms with Gasteiger partial charge in [0.05, 0.1) is 11.3 Å². The molecular weight excluding hydrogens is 277 g/mol. The Morgan fingerprint density at radius 1 is 1.29 bits per heavy atom. The second-order valence-corrected chi connectivity index (χ2v) is 5.01. The van der Waals surface area contributed by atoms with E-state index in [9.17, 15) is 13.2 Å². The summed E-state index contributed by atoms with van der Waals surface area (Å²) in [5.41, 5.74) is -0.0268. The van der Waals surface area contributed by atoms with Crippen molar-refractivity contribution in [3.8, 4) is 0 Å². The van der Waals surface area contributed by atoms with Crippen molar-refractivity contribution >= 4 is 0 Å². The van der Waals surface area contributed by atoms with E-state index in [1.165, 1.54) is 6.07 Å². The predicted molar refractivity (Wildman–Crippen MR) is 78.9 cm³/mol. The fraction of sp³-hybridized carbons (Fsp3) is 0.562. The van der Waals surface area contributed by atoms with E-state index >= 15 is 0 Å². The maximum Gasteiger partial charge on any atom is 0.417 e. The van der Waals surface area contributed by atoms with Gasteiger partial charge in [-0.05, 0) is 37.9 Å². The number of aromatic nitrogens is 1. The minimum atomic E-state index is -4.33. The molecule has 1 rings (SSSR count). The van der Waals surface area contributed by atoms with Crippen LogP contribution in [-0.4, -0.2) is 11.5 Å². The zero-order valence-corrected chi connectivity index (χ0v) is 12.4. The monoisotopic (exact) mass is 300 g/mol. The first-order valence-corrected chi connectivity index (χ1v) is 7.36. The molecule has 118 valence electrons. The highest BCUT2D eigenvalue weighted by atomic mass is 19.4. The van der Waals surface area contributed by atoms with Crippen LogP contribution < -0.4 is 5.32 Å². The molecule has 0 bridgehead atoms. The van der Waals surface area contributed by atoms with E-state index in [0.29, 0.717) is 5.69 Å². The summed E-state index contributed by atoms with van der Waals surface area (Å²) < 4.78 is 37.6. The lowest BCUT2D eigenvalue weighted by molar-refractivity contribution is -0.137. The molecule has 0 fully saturated rings. The molecule has 0 aliphatic rings. The van der Waals surface area contributed by atoms with E-state index in [0.717, 1.165) is 50.9 Å². The van der Waals surface area contributed by atoms with Crippen LogP contribution in [0.1, 0.15) is 56.3 Å². The molecule has 21 heavy (non-hydrogen) atoms. The minimum absolute atomic E-state index is 0.0148. The van der Waals surface area contributed by atoms with Crippen LogP contribution in [0.25, 0.3) is 0 Å². The molecule has 2 nitrogen and oxygen atoms in total. The second kappa shape index (κ2) is 8.82. The molecule has 0 saturated carbocycles. The highest BCUT2D eigenvalue weighted by molar-refractivity contribution is 5.19. The van der Waals surface area contributed by atoms with Gasteiger partial charge < -0.3 is 5.32 Å². The van der Waals surface area contributed by atoms with E-state index in [-0.39, 0.29) is 6.04 Å². The van der Waals surface area contributed by atoms with Crippen LogP contribution in [-0.2, 0) is 6.18 Å². The molecule has 1 unspecified atom stereocenters.